The van der Waals surface area contributed by atoms with E-state index in [-0.39, 0.29) is 23.3 Å². The molecule has 0 radical (unpaired) electrons. The lowest BCUT2D eigenvalue weighted by atomic mass is 10.0. The van der Waals surface area contributed by atoms with Crippen molar-refractivity contribution in [2.75, 3.05) is 20.2 Å². The Kier molecular flexibility index (Phi) is 9.01. The van der Waals surface area contributed by atoms with Gasteiger partial charge < -0.3 is 25.5 Å². The van der Waals surface area contributed by atoms with E-state index in [1.54, 1.807) is 22.8 Å². The van der Waals surface area contributed by atoms with E-state index in [4.69, 9.17) is 16.3 Å². The highest BCUT2D eigenvalue weighted by Crippen LogP contribution is 2.51. The highest BCUT2D eigenvalue weighted by atomic mass is 16.5. The Morgan fingerprint density at radius 2 is 1.77 bits per heavy atom. The van der Waals surface area contributed by atoms with Crippen molar-refractivity contribution >= 4 is 11.9 Å². The lowest BCUT2D eigenvalue weighted by molar-refractivity contribution is 0.0693. The molecule has 1 aliphatic carbocycles. The van der Waals surface area contributed by atoms with Crippen LogP contribution in [-0.4, -0.2) is 56.9 Å². The number of carboxylic acid groups (broad SMARTS) is 1. The topological polar surface area (TPSA) is 140 Å². The highest BCUT2D eigenvalue weighted by molar-refractivity contribution is 5.95. The molecule has 10 heteroatoms. The summed E-state index contributed by atoms with van der Waals surface area (Å²) < 4.78 is 7.52. The van der Waals surface area contributed by atoms with Gasteiger partial charge in [-0.15, -0.1) is 0 Å². The highest BCUT2D eigenvalue weighted by Gasteiger charge is 2.45. The van der Waals surface area contributed by atoms with Crippen LogP contribution in [0.4, 0.5) is 0 Å². The summed E-state index contributed by atoms with van der Waals surface area (Å²) in [6.45, 7) is 5.40. The number of fused-ring (bicyclic) bond motifs is 1. The van der Waals surface area contributed by atoms with Crippen LogP contribution in [0.5, 0.6) is 5.75 Å². The molecule has 3 aromatic carbocycles. The van der Waals surface area contributed by atoms with Crippen molar-refractivity contribution in [3.8, 4) is 22.6 Å². The molecule has 10 nitrogen and oxygen atoms in total. The zero-order chi connectivity index (χ0) is 31.4. The van der Waals surface area contributed by atoms with Crippen LogP contribution in [0.2, 0.25) is 0 Å². The molecule has 0 spiro atoms. The van der Waals surface area contributed by atoms with Crippen LogP contribution in [-0.2, 0) is 6.54 Å². The predicted octanol–water partition coefficient (Wildman–Crippen LogP) is 5.01. The summed E-state index contributed by atoms with van der Waals surface area (Å²) in [6, 6.07) is 23.0. The Morgan fingerprint density at radius 3 is 2.52 bits per heavy atom. The van der Waals surface area contributed by atoms with Gasteiger partial charge in [-0.1, -0.05) is 56.3 Å². The number of ether oxygens (including phenoxy) is 1. The molecule has 1 unspecified atom stereocenters. The van der Waals surface area contributed by atoms with Gasteiger partial charge in [0.2, 0.25) is 0 Å². The van der Waals surface area contributed by atoms with Crippen molar-refractivity contribution in [3.05, 3.63) is 113 Å². The van der Waals surface area contributed by atoms with Crippen molar-refractivity contribution in [1.29, 1.82) is 0 Å². The molecule has 2 atom stereocenters. The molecule has 0 bridgehead atoms. The lowest BCUT2D eigenvalue weighted by Crippen LogP contribution is -2.32. The fourth-order valence-electron chi connectivity index (χ4n) is 5.61. The second kappa shape index (κ2) is 13.0. The molecule has 1 fully saturated rings. The van der Waals surface area contributed by atoms with Gasteiger partial charge in [0.1, 0.15) is 17.9 Å². The number of benzene rings is 3. The zero-order valence-corrected chi connectivity index (χ0v) is 25.2. The smallest absolute Gasteiger partial charge is 0.339 e. The van der Waals surface area contributed by atoms with E-state index in [2.05, 4.69) is 5.10 Å². The number of aromatic carboxylic acids is 1. The van der Waals surface area contributed by atoms with Gasteiger partial charge in [-0.25, -0.2) is 15.3 Å². The lowest BCUT2D eigenvalue weighted by Gasteiger charge is -2.20. The molecule has 0 saturated heterocycles. The Labute approximate surface area is 257 Å². The third kappa shape index (κ3) is 6.30. The summed E-state index contributed by atoms with van der Waals surface area (Å²) in [4.78, 5) is 27.5. The minimum absolute atomic E-state index is 0.0215. The van der Waals surface area contributed by atoms with Crippen LogP contribution in [0, 0.1) is 5.92 Å². The molecule has 1 saturated carbocycles. The third-order valence-electron chi connectivity index (χ3n) is 7.73. The molecule has 2 aliphatic rings. The average Bonchev–Trinajstić information content (AvgIpc) is 3.76. The van der Waals surface area contributed by atoms with E-state index in [0.29, 0.717) is 43.1 Å². The fourth-order valence-corrected chi connectivity index (χ4v) is 5.61. The Bertz CT molecular complexity index is 1690. The monoisotopic (exact) mass is 594 g/mol. The molecule has 5 N–H and O–H groups in total. The van der Waals surface area contributed by atoms with E-state index in [1.807, 2.05) is 86.6 Å². The van der Waals surface area contributed by atoms with Crippen LogP contribution in [0.1, 0.15) is 58.2 Å². The molecular formula is C34H38N6O4. The second-order valence-electron chi connectivity index (χ2n) is 10.7. The summed E-state index contributed by atoms with van der Waals surface area (Å²) in [5.41, 5.74) is 11.6. The molecule has 1 aliphatic heterocycles. The van der Waals surface area contributed by atoms with Gasteiger partial charge in [-0.05, 0) is 47.9 Å². The zero-order valence-electron chi connectivity index (χ0n) is 25.2. The normalized spacial score (nSPS) is 17.4. The van der Waals surface area contributed by atoms with Crippen molar-refractivity contribution in [2.45, 2.75) is 32.7 Å². The molecular weight excluding hydrogens is 556 g/mol. The largest absolute Gasteiger partial charge is 0.491 e. The first-order chi connectivity index (χ1) is 21.3. The van der Waals surface area contributed by atoms with Gasteiger partial charge >= 0.3 is 5.97 Å². The maximum Gasteiger partial charge on any atom is 0.339 e. The molecule has 6 rings (SSSR count). The number of nitrogens with two attached hydrogens (primary N) is 2. The van der Waals surface area contributed by atoms with Crippen molar-refractivity contribution in [1.82, 2.24) is 19.7 Å². The predicted molar refractivity (Wildman–Crippen MR) is 169 cm³/mol. The number of para-hydroxylation sites is 1. The molecule has 228 valence electrons. The number of carboxylic acids is 1. The van der Waals surface area contributed by atoms with Crippen LogP contribution in [0.25, 0.3) is 16.8 Å². The number of hydrazine groups is 1. The summed E-state index contributed by atoms with van der Waals surface area (Å²) in [5.74, 6) is 5.32. The molecule has 2 heterocycles. The maximum atomic E-state index is 13.6. The Morgan fingerprint density at radius 1 is 1.05 bits per heavy atom. The van der Waals surface area contributed by atoms with Gasteiger partial charge in [0.25, 0.3) is 5.91 Å². The second-order valence-corrected chi connectivity index (χ2v) is 10.7. The fraction of sp³-hybridized carbons (Fsp3) is 0.265. The van der Waals surface area contributed by atoms with Crippen molar-refractivity contribution in [2.24, 2.45) is 17.5 Å². The summed E-state index contributed by atoms with van der Waals surface area (Å²) in [7, 11) is 1.69. The van der Waals surface area contributed by atoms with Gasteiger partial charge in [0.05, 0.1) is 24.1 Å². The number of hydrogen-bond acceptors (Lipinski definition) is 7. The van der Waals surface area contributed by atoms with Crippen LogP contribution < -0.4 is 16.3 Å². The molecule has 44 heavy (non-hydrogen) atoms. The van der Waals surface area contributed by atoms with E-state index in [1.165, 1.54) is 11.2 Å². The minimum Gasteiger partial charge on any atom is -0.491 e. The van der Waals surface area contributed by atoms with Crippen LogP contribution in [0.15, 0.2) is 90.9 Å². The first kappa shape index (κ1) is 30.4. The Hall–Kier alpha value is -5.09. The third-order valence-corrected chi connectivity index (χ3v) is 7.73. The number of allylic oxidation sites excluding steroid dienone is 1. The SMILES string of the molecule is CC.CN(N)/C=C(\N)C1C[C@H]1c1c(C(=O)O)cnn1-c1cccc(-c2cccc(C(=O)N3CCOc4ccccc4C3)c2)c1. The Balaban J connectivity index is 0.00000188. The van der Waals surface area contributed by atoms with Gasteiger partial charge in [-0.2, -0.15) is 5.10 Å². The number of aromatic nitrogens is 2. The average molecular weight is 595 g/mol. The van der Waals surface area contributed by atoms with E-state index < -0.39 is 5.97 Å². The standard InChI is InChI=1S/C32H32N6O4.C2H6/c1-36(34)19-28(33)25-16-26(25)30-27(32(40)41)17-35-38(30)24-10-5-8-21(15-24)20-7-4-9-22(14-20)31(39)37-12-13-42-29-11-3-2-6-23(29)18-37;1-2/h2-11,14-15,17,19,25-26H,12-13,16,18,33-34H2,1H3,(H,40,41);1-2H3/b28-19-;/t25?,26-;/m1./s1. The first-order valence-corrected chi connectivity index (χ1v) is 14.8. The number of hydrogen-bond donors (Lipinski definition) is 3. The van der Waals surface area contributed by atoms with Crippen LogP contribution in [0.3, 0.4) is 0 Å². The number of carbonyl (C=O) groups is 2. The van der Waals surface area contributed by atoms with Gasteiger partial charge in [-0.3, -0.25) is 4.79 Å². The summed E-state index contributed by atoms with van der Waals surface area (Å²) in [5, 5.41) is 15.7. The van der Waals surface area contributed by atoms with Crippen LogP contribution >= 0.6 is 0 Å². The van der Waals surface area contributed by atoms with E-state index in [0.717, 1.165) is 28.1 Å². The number of nitrogens with zero attached hydrogens (tertiary/aromatic N) is 4. The quantitative estimate of drug-likeness (QED) is 0.200. The molecule has 1 amide bonds. The van der Waals surface area contributed by atoms with Gasteiger partial charge in [0.15, 0.2) is 0 Å². The number of carbonyl (C=O) groups excluding carboxylic acids is 1. The molecule has 4 aromatic rings. The summed E-state index contributed by atoms with van der Waals surface area (Å²) >= 11 is 0. The number of rotatable bonds is 7. The van der Waals surface area contributed by atoms with E-state index in [9.17, 15) is 14.7 Å². The van der Waals surface area contributed by atoms with E-state index >= 15 is 0 Å². The minimum atomic E-state index is -1.04. The molecule has 1 aromatic heterocycles. The van der Waals surface area contributed by atoms with Crippen molar-refractivity contribution < 1.29 is 19.4 Å². The van der Waals surface area contributed by atoms with Gasteiger partial charge in [0, 0.05) is 48.5 Å². The summed E-state index contributed by atoms with van der Waals surface area (Å²) in [6.07, 6.45) is 3.74. The number of amides is 1. The first-order valence-electron chi connectivity index (χ1n) is 14.8. The maximum absolute atomic E-state index is 13.6. The van der Waals surface area contributed by atoms with Crippen molar-refractivity contribution in [3.63, 3.8) is 0 Å².